The summed E-state index contributed by atoms with van der Waals surface area (Å²) in [6.07, 6.45) is 6.10. The number of thiophene rings is 1. The van der Waals surface area contributed by atoms with E-state index in [1.165, 1.54) is 34.4 Å². The molecule has 2 aromatic rings. The van der Waals surface area contributed by atoms with Crippen molar-refractivity contribution < 1.29 is 4.79 Å². The molecule has 144 valence electrons. The number of nitrogens with one attached hydrogen (secondary N) is 2. The average Bonchev–Trinajstić information content (AvgIpc) is 3.05. The molecule has 0 aliphatic heterocycles. The Morgan fingerprint density at radius 3 is 2.96 bits per heavy atom. The van der Waals surface area contributed by atoms with E-state index in [0.29, 0.717) is 22.3 Å². The van der Waals surface area contributed by atoms with Gasteiger partial charge in [-0.2, -0.15) is 5.26 Å². The molecule has 0 fully saturated rings. The van der Waals surface area contributed by atoms with Crippen molar-refractivity contribution in [1.82, 2.24) is 14.8 Å². The number of nitriles is 1. The lowest BCUT2D eigenvalue weighted by Crippen LogP contribution is -2.24. The molecule has 0 saturated heterocycles. The summed E-state index contributed by atoms with van der Waals surface area (Å²) in [6.45, 7) is 4.32. The minimum absolute atomic E-state index is 0.189. The highest BCUT2D eigenvalue weighted by Crippen LogP contribution is 2.37. The Hall–Kier alpha value is -2.05. The van der Waals surface area contributed by atoms with Crippen molar-refractivity contribution in [2.75, 3.05) is 5.32 Å². The van der Waals surface area contributed by atoms with E-state index in [1.54, 1.807) is 11.5 Å². The summed E-state index contributed by atoms with van der Waals surface area (Å²) >= 11 is 2.77. The van der Waals surface area contributed by atoms with Crippen LogP contribution in [0.4, 0.5) is 5.00 Å². The summed E-state index contributed by atoms with van der Waals surface area (Å²) < 4.78 is 1.54. The Morgan fingerprint density at radius 1 is 1.44 bits per heavy atom. The smallest absolute Gasteiger partial charge is 0.316 e. The molecular weight excluding hydrogens is 382 g/mol. The number of aromatic nitrogens is 3. The number of aryl methyl sites for hydroxylation is 1. The number of carbonyl (C=O) groups is 1. The summed E-state index contributed by atoms with van der Waals surface area (Å²) in [7, 11) is 0. The highest BCUT2D eigenvalue weighted by atomic mass is 32.2. The molecule has 1 amide bonds. The fourth-order valence-electron chi connectivity index (χ4n) is 3.19. The van der Waals surface area contributed by atoms with E-state index >= 15 is 0 Å². The van der Waals surface area contributed by atoms with Crippen molar-refractivity contribution in [3.05, 3.63) is 26.5 Å². The highest BCUT2D eigenvalue weighted by Gasteiger charge is 2.24. The van der Waals surface area contributed by atoms with Crippen LogP contribution in [0.15, 0.2) is 9.95 Å². The number of H-pyrrole nitrogens is 1. The molecule has 2 heterocycles. The predicted molar refractivity (Wildman–Crippen MR) is 107 cm³/mol. The predicted octanol–water partition coefficient (Wildman–Crippen LogP) is 3.30. The van der Waals surface area contributed by atoms with Crippen LogP contribution in [0.3, 0.4) is 0 Å². The van der Waals surface area contributed by atoms with Crippen LogP contribution in [-0.4, -0.2) is 25.9 Å². The van der Waals surface area contributed by atoms with Gasteiger partial charge >= 0.3 is 5.69 Å². The second-order valence-corrected chi connectivity index (χ2v) is 9.01. The SMILES string of the molecule is CCCn1c(S[C@H](C)C(=O)Nc2sc3c(c2C#N)CCCCC3)n[nH]c1=O. The van der Waals surface area contributed by atoms with Gasteiger partial charge in [0.25, 0.3) is 0 Å². The molecule has 0 unspecified atom stereocenters. The summed E-state index contributed by atoms with van der Waals surface area (Å²) in [5, 5.41) is 19.7. The molecule has 27 heavy (non-hydrogen) atoms. The third-order valence-electron chi connectivity index (χ3n) is 4.59. The second kappa shape index (κ2) is 8.76. The summed E-state index contributed by atoms with van der Waals surface area (Å²) in [5.74, 6) is -0.189. The largest absolute Gasteiger partial charge is 0.343 e. The first-order valence-electron chi connectivity index (χ1n) is 9.22. The maximum atomic E-state index is 12.7. The zero-order valence-electron chi connectivity index (χ0n) is 15.5. The summed E-state index contributed by atoms with van der Waals surface area (Å²) in [6, 6.07) is 2.28. The summed E-state index contributed by atoms with van der Waals surface area (Å²) in [5.41, 5.74) is 1.46. The Bertz CT molecular complexity index is 921. The number of hydrogen-bond acceptors (Lipinski definition) is 6. The molecule has 7 nitrogen and oxygen atoms in total. The molecule has 9 heteroatoms. The molecule has 0 bridgehead atoms. The van der Waals surface area contributed by atoms with Crippen molar-refractivity contribution >= 4 is 34.0 Å². The lowest BCUT2D eigenvalue weighted by Gasteiger charge is -2.11. The van der Waals surface area contributed by atoms with Gasteiger partial charge in [-0.1, -0.05) is 25.1 Å². The first-order valence-corrected chi connectivity index (χ1v) is 10.9. The van der Waals surface area contributed by atoms with Gasteiger partial charge in [0, 0.05) is 11.4 Å². The topological polar surface area (TPSA) is 104 Å². The first kappa shape index (κ1) is 19.7. The van der Waals surface area contributed by atoms with E-state index in [2.05, 4.69) is 21.6 Å². The minimum Gasteiger partial charge on any atom is -0.316 e. The number of anilines is 1. The van der Waals surface area contributed by atoms with Gasteiger partial charge in [-0.25, -0.2) is 9.89 Å². The van der Waals surface area contributed by atoms with Crippen LogP contribution >= 0.6 is 23.1 Å². The zero-order chi connectivity index (χ0) is 19.4. The molecular formula is C18H23N5O2S2. The fraction of sp³-hybridized carbons (Fsp3) is 0.556. The summed E-state index contributed by atoms with van der Waals surface area (Å²) in [4.78, 5) is 25.7. The van der Waals surface area contributed by atoms with Crippen LogP contribution in [0.2, 0.25) is 0 Å². The molecule has 2 N–H and O–H groups in total. The van der Waals surface area contributed by atoms with Gasteiger partial charge < -0.3 is 5.32 Å². The molecule has 0 radical (unpaired) electrons. The van der Waals surface area contributed by atoms with E-state index in [4.69, 9.17) is 0 Å². The Balaban J connectivity index is 1.74. The number of amides is 1. The lowest BCUT2D eigenvalue weighted by molar-refractivity contribution is -0.115. The number of rotatable bonds is 6. The van der Waals surface area contributed by atoms with E-state index < -0.39 is 5.25 Å². The van der Waals surface area contributed by atoms with E-state index in [0.717, 1.165) is 37.7 Å². The van der Waals surface area contributed by atoms with Gasteiger partial charge in [0.15, 0.2) is 5.16 Å². The Labute approximate surface area is 166 Å². The monoisotopic (exact) mass is 405 g/mol. The van der Waals surface area contributed by atoms with Gasteiger partial charge in [-0.15, -0.1) is 16.4 Å². The van der Waals surface area contributed by atoms with Crippen LogP contribution in [0, 0.1) is 11.3 Å². The molecule has 2 aromatic heterocycles. The highest BCUT2D eigenvalue weighted by molar-refractivity contribution is 8.00. The van der Waals surface area contributed by atoms with Crippen molar-refractivity contribution in [1.29, 1.82) is 5.26 Å². The molecule has 1 atom stereocenters. The Morgan fingerprint density at radius 2 is 2.22 bits per heavy atom. The standard InChI is InChI=1S/C18H23N5O2S2/c1-3-9-23-17(25)21-22-18(23)26-11(2)15(24)20-16-13(10-19)12-7-5-4-6-8-14(12)27-16/h11H,3-9H2,1-2H3,(H,20,24)(H,21,25)/t11-/m1/s1. The minimum atomic E-state index is -0.441. The number of thioether (sulfide) groups is 1. The number of hydrogen-bond donors (Lipinski definition) is 2. The maximum absolute atomic E-state index is 12.7. The van der Waals surface area contributed by atoms with Crippen molar-refractivity contribution in [2.45, 2.75) is 69.3 Å². The number of aromatic amines is 1. The molecule has 0 aromatic carbocycles. The number of fused-ring (bicyclic) bond motifs is 1. The van der Waals surface area contributed by atoms with Gasteiger partial charge in [0.2, 0.25) is 5.91 Å². The third kappa shape index (κ3) is 4.28. The molecule has 0 spiro atoms. The first-order chi connectivity index (χ1) is 13.0. The van der Waals surface area contributed by atoms with Crippen molar-refractivity contribution in [3.8, 4) is 6.07 Å². The van der Waals surface area contributed by atoms with Gasteiger partial charge in [0.05, 0.1) is 10.8 Å². The Kier molecular flexibility index (Phi) is 6.39. The van der Waals surface area contributed by atoms with Crippen LogP contribution < -0.4 is 11.0 Å². The van der Waals surface area contributed by atoms with Crippen LogP contribution in [0.1, 0.15) is 55.5 Å². The van der Waals surface area contributed by atoms with E-state index in [1.807, 2.05) is 6.92 Å². The van der Waals surface area contributed by atoms with Gasteiger partial charge in [0.1, 0.15) is 11.1 Å². The zero-order valence-corrected chi connectivity index (χ0v) is 17.1. The third-order valence-corrected chi connectivity index (χ3v) is 6.89. The van der Waals surface area contributed by atoms with Crippen molar-refractivity contribution in [3.63, 3.8) is 0 Å². The van der Waals surface area contributed by atoms with Crippen LogP contribution in [0.25, 0.3) is 0 Å². The van der Waals surface area contributed by atoms with Gasteiger partial charge in [-0.3, -0.25) is 9.36 Å². The molecule has 1 aliphatic rings. The maximum Gasteiger partial charge on any atom is 0.343 e. The van der Waals surface area contributed by atoms with Crippen molar-refractivity contribution in [2.24, 2.45) is 0 Å². The van der Waals surface area contributed by atoms with Crippen LogP contribution in [0.5, 0.6) is 0 Å². The number of nitrogens with zero attached hydrogens (tertiary/aromatic N) is 3. The number of carbonyl (C=O) groups excluding carboxylic acids is 1. The molecule has 0 saturated carbocycles. The lowest BCUT2D eigenvalue weighted by atomic mass is 10.1. The fourth-order valence-corrected chi connectivity index (χ4v) is 5.31. The van der Waals surface area contributed by atoms with E-state index in [9.17, 15) is 14.9 Å². The quantitative estimate of drug-likeness (QED) is 0.567. The average molecular weight is 406 g/mol. The van der Waals surface area contributed by atoms with Gasteiger partial charge in [-0.05, 0) is 44.6 Å². The normalized spacial score (nSPS) is 14.9. The molecule has 1 aliphatic carbocycles. The second-order valence-electron chi connectivity index (χ2n) is 6.59. The van der Waals surface area contributed by atoms with E-state index in [-0.39, 0.29) is 11.6 Å². The van der Waals surface area contributed by atoms with Crippen LogP contribution in [-0.2, 0) is 24.2 Å². The molecule has 3 rings (SSSR count).